The first-order valence-electron chi connectivity index (χ1n) is 5.87. The predicted molar refractivity (Wildman–Crippen MR) is 59.9 cm³/mol. The molecule has 1 aliphatic carbocycles. The summed E-state index contributed by atoms with van der Waals surface area (Å²) in [6, 6.07) is 3.85. The summed E-state index contributed by atoms with van der Waals surface area (Å²) in [6.45, 7) is 1.60. The van der Waals surface area contributed by atoms with Gasteiger partial charge in [-0.25, -0.2) is 0 Å². The molecule has 0 amide bonds. The molecule has 3 aliphatic rings. The van der Waals surface area contributed by atoms with Crippen molar-refractivity contribution in [3.63, 3.8) is 0 Å². The van der Waals surface area contributed by atoms with Crippen LogP contribution >= 0.6 is 0 Å². The van der Waals surface area contributed by atoms with Crippen LogP contribution in [0.2, 0.25) is 0 Å². The molecule has 2 aromatic rings. The number of nitrogens with zero attached hydrogens (tertiary/aromatic N) is 3. The van der Waals surface area contributed by atoms with E-state index >= 15 is 0 Å². The number of fused-ring (bicyclic) bond motifs is 2. The zero-order valence-corrected chi connectivity index (χ0v) is 9.37. The Kier molecular flexibility index (Phi) is 1.77. The molecule has 1 saturated carbocycles. The third-order valence-corrected chi connectivity index (χ3v) is 3.76. The Bertz CT molecular complexity index is 554. The van der Waals surface area contributed by atoms with Gasteiger partial charge in [-0.2, -0.15) is 0 Å². The molecular formula is C12H13N3O2. The molecule has 88 valence electrons. The van der Waals surface area contributed by atoms with Gasteiger partial charge in [0.25, 0.3) is 0 Å². The van der Waals surface area contributed by atoms with E-state index in [9.17, 15) is 0 Å². The van der Waals surface area contributed by atoms with E-state index in [1.807, 2.05) is 22.7 Å². The quantitative estimate of drug-likeness (QED) is 0.798. The van der Waals surface area contributed by atoms with Crippen LogP contribution in [-0.4, -0.2) is 33.9 Å². The highest BCUT2D eigenvalue weighted by atomic mass is 16.5. The number of rotatable bonds is 3. The largest absolute Gasteiger partial charge is 0.491 e. The van der Waals surface area contributed by atoms with Gasteiger partial charge < -0.3 is 9.47 Å². The van der Waals surface area contributed by atoms with Crippen molar-refractivity contribution in [1.29, 1.82) is 0 Å². The molecule has 0 atom stereocenters. The van der Waals surface area contributed by atoms with Gasteiger partial charge in [-0.3, -0.25) is 4.40 Å². The van der Waals surface area contributed by atoms with E-state index in [0.717, 1.165) is 37.5 Å². The maximum atomic E-state index is 5.85. The van der Waals surface area contributed by atoms with Gasteiger partial charge in [-0.15, -0.1) is 10.2 Å². The number of pyridine rings is 1. The third kappa shape index (κ3) is 1.42. The molecule has 0 spiro atoms. The Morgan fingerprint density at radius 1 is 1.47 bits per heavy atom. The molecule has 3 fully saturated rings. The van der Waals surface area contributed by atoms with Crippen LogP contribution in [0.25, 0.3) is 5.65 Å². The summed E-state index contributed by atoms with van der Waals surface area (Å²) in [5.74, 6) is 0.863. The van der Waals surface area contributed by atoms with Crippen LogP contribution < -0.4 is 4.74 Å². The van der Waals surface area contributed by atoms with Crippen molar-refractivity contribution in [2.24, 2.45) is 5.41 Å². The third-order valence-electron chi connectivity index (χ3n) is 3.76. The van der Waals surface area contributed by atoms with E-state index in [1.165, 1.54) is 0 Å². The van der Waals surface area contributed by atoms with Crippen LogP contribution in [0.4, 0.5) is 0 Å². The first-order valence-corrected chi connectivity index (χ1v) is 5.87. The normalized spacial score (nSPS) is 30.5. The van der Waals surface area contributed by atoms with E-state index < -0.39 is 0 Å². The van der Waals surface area contributed by atoms with E-state index in [0.29, 0.717) is 6.10 Å². The second-order valence-electron chi connectivity index (χ2n) is 5.09. The highest BCUT2D eigenvalue weighted by Crippen LogP contribution is 2.50. The summed E-state index contributed by atoms with van der Waals surface area (Å²) in [7, 11) is 0. The SMILES string of the molecule is c1cc2nncn2cc1OCC12COC(C1)C2. The average Bonchev–Trinajstić information content (AvgIpc) is 3.00. The van der Waals surface area contributed by atoms with E-state index in [1.54, 1.807) is 6.33 Å². The zero-order chi connectivity index (χ0) is 11.3. The average molecular weight is 231 g/mol. The molecule has 17 heavy (non-hydrogen) atoms. The highest BCUT2D eigenvalue weighted by molar-refractivity contribution is 5.39. The van der Waals surface area contributed by atoms with Crippen LogP contribution in [-0.2, 0) is 4.74 Å². The number of hydrogen-bond acceptors (Lipinski definition) is 4. The molecule has 2 aliphatic heterocycles. The van der Waals surface area contributed by atoms with Gasteiger partial charge in [-0.05, 0) is 25.0 Å². The molecule has 0 aromatic carbocycles. The molecule has 0 unspecified atom stereocenters. The van der Waals surface area contributed by atoms with E-state index in [4.69, 9.17) is 9.47 Å². The number of ether oxygens (including phenoxy) is 2. The van der Waals surface area contributed by atoms with Crippen molar-refractivity contribution in [3.8, 4) is 5.75 Å². The maximum Gasteiger partial charge on any atom is 0.160 e. The Morgan fingerprint density at radius 3 is 3.24 bits per heavy atom. The van der Waals surface area contributed by atoms with E-state index in [-0.39, 0.29) is 5.41 Å². The van der Waals surface area contributed by atoms with Crippen LogP contribution in [0.5, 0.6) is 5.75 Å². The van der Waals surface area contributed by atoms with Gasteiger partial charge in [0.05, 0.1) is 25.5 Å². The minimum atomic E-state index is 0.285. The lowest BCUT2D eigenvalue weighted by molar-refractivity contribution is 0.0820. The molecule has 5 rings (SSSR count). The first-order chi connectivity index (χ1) is 8.33. The van der Waals surface area contributed by atoms with Gasteiger partial charge in [0.1, 0.15) is 12.1 Å². The van der Waals surface area contributed by atoms with Crippen LogP contribution in [0.1, 0.15) is 12.8 Å². The second kappa shape index (κ2) is 3.20. The van der Waals surface area contributed by atoms with Gasteiger partial charge in [-0.1, -0.05) is 0 Å². The topological polar surface area (TPSA) is 48.7 Å². The molecule has 0 N–H and O–H groups in total. The zero-order valence-electron chi connectivity index (χ0n) is 9.37. The Hall–Kier alpha value is -1.62. The minimum absolute atomic E-state index is 0.285. The molecule has 4 heterocycles. The summed E-state index contributed by atoms with van der Waals surface area (Å²) in [5, 5.41) is 7.80. The molecule has 0 radical (unpaired) electrons. The summed E-state index contributed by atoms with van der Waals surface area (Å²) < 4.78 is 13.3. The Balaban J connectivity index is 1.51. The van der Waals surface area contributed by atoms with Crippen molar-refractivity contribution in [2.75, 3.05) is 13.2 Å². The molecule has 2 bridgehead atoms. The highest BCUT2D eigenvalue weighted by Gasteiger charge is 2.52. The second-order valence-corrected chi connectivity index (χ2v) is 5.09. The number of aromatic nitrogens is 3. The monoisotopic (exact) mass is 231 g/mol. The summed E-state index contributed by atoms with van der Waals surface area (Å²) in [4.78, 5) is 0. The summed E-state index contributed by atoms with van der Waals surface area (Å²) in [5.41, 5.74) is 1.12. The minimum Gasteiger partial charge on any atom is -0.491 e. The first kappa shape index (κ1) is 9.41. The van der Waals surface area contributed by atoms with Crippen LogP contribution in [0, 0.1) is 5.41 Å². The van der Waals surface area contributed by atoms with Crippen LogP contribution in [0.15, 0.2) is 24.7 Å². The van der Waals surface area contributed by atoms with Gasteiger partial charge >= 0.3 is 0 Å². The number of hydrogen-bond donors (Lipinski definition) is 0. The summed E-state index contributed by atoms with van der Waals surface area (Å²) in [6.07, 6.45) is 6.40. The lowest BCUT2D eigenvalue weighted by Crippen LogP contribution is -2.38. The Morgan fingerprint density at radius 2 is 2.41 bits per heavy atom. The predicted octanol–water partition coefficient (Wildman–Crippen LogP) is 1.29. The fourth-order valence-electron chi connectivity index (χ4n) is 2.72. The van der Waals surface area contributed by atoms with Crippen molar-refractivity contribution < 1.29 is 9.47 Å². The van der Waals surface area contributed by atoms with E-state index in [2.05, 4.69) is 10.2 Å². The van der Waals surface area contributed by atoms with Crippen molar-refractivity contribution in [3.05, 3.63) is 24.7 Å². The van der Waals surface area contributed by atoms with Gasteiger partial charge in [0.2, 0.25) is 0 Å². The standard InChI is InChI=1S/C12H13N3O2/c1-2-11-14-13-8-15(11)5-9(1)16-6-12-3-10(4-12)17-7-12/h1-2,5,8,10H,3-4,6-7H2. The fraction of sp³-hybridized carbons (Fsp3) is 0.500. The summed E-state index contributed by atoms with van der Waals surface area (Å²) >= 11 is 0. The molecule has 2 aromatic heterocycles. The molecule has 5 heteroatoms. The fourth-order valence-corrected chi connectivity index (χ4v) is 2.72. The van der Waals surface area contributed by atoms with Crippen molar-refractivity contribution in [1.82, 2.24) is 14.6 Å². The lowest BCUT2D eigenvalue weighted by atomic mass is 9.71. The molecular weight excluding hydrogens is 218 g/mol. The van der Waals surface area contributed by atoms with Gasteiger partial charge in [0.15, 0.2) is 5.65 Å². The van der Waals surface area contributed by atoms with Gasteiger partial charge in [0, 0.05) is 5.41 Å². The van der Waals surface area contributed by atoms with Crippen molar-refractivity contribution in [2.45, 2.75) is 18.9 Å². The molecule has 2 saturated heterocycles. The molecule has 5 nitrogen and oxygen atoms in total. The maximum absolute atomic E-state index is 5.85. The van der Waals surface area contributed by atoms with Crippen molar-refractivity contribution >= 4 is 5.65 Å². The van der Waals surface area contributed by atoms with Crippen LogP contribution in [0.3, 0.4) is 0 Å². The Labute approximate surface area is 98.4 Å². The lowest BCUT2D eigenvalue weighted by Gasteiger charge is -2.34. The smallest absolute Gasteiger partial charge is 0.160 e.